The van der Waals surface area contributed by atoms with Gasteiger partial charge in [-0.1, -0.05) is 32.0 Å². The Hall–Kier alpha value is -2.57. The highest BCUT2D eigenvalue weighted by Crippen LogP contribution is 2.07. The minimum absolute atomic E-state index is 0.182. The molecule has 1 atom stereocenters. The number of rotatable bonds is 6. The van der Waals surface area contributed by atoms with Gasteiger partial charge < -0.3 is 20.7 Å². The molecule has 0 aliphatic carbocycles. The van der Waals surface area contributed by atoms with E-state index in [4.69, 9.17) is 4.74 Å². The van der Waals surface area contributed by atoms with Crippen LogP contribution in [0.2, 0.25) is 0 Å². The molecule has 22 heavy (non-hydrogen) atoms. The molecule has 7 nitrogen and oxygen atoms in total. The number of amides is 3. The van der Waals surface area contributed by atoms with Crippen molar-refractivity contribution in [1.82, 2.24) is 10.6 Å². The lowest BCUT2D eigenvalue weighted by Crippen LogP contribution is -2.47. The largest absolute Gasteiger partial charge is 0.454 e. The Morgan fingerprint density at radius 1 is 1.14 bits per heavy atom. The maximum Gasteiger partial charge on any atom is 0.329 e. The molecule has 1 rings (SSSR count). The summed E-state index contributed by atoms with van der Waals surface area (Å²) >= 11 is 0. The van der Waals surface area contributed by atoms with Gasteiger partial charge in [0.25, 0.3) is 5.91 Å². The highest BCUT2D eigenvalue weighted by atomic mass is 16.5. The number of benzene rings is 1. The summed E-state index contributed by atoms with van der Waals surface area (Å²) in [5.74, 6) is -1.25. The molecule has 3 N–H and O–H groups in total. The zero-order chi connectivity index (χ0) is 16.5. The van der Waals surface area contributed by atoms with Gasteiger partial charge in [0.2, 0.25) is 0 Å². The average Bonchev–Trinajstić information content (AvgIpc) is 2.50. The van der Waals surface area contributed by atoms with Gasteiger partial charge in [-0.25, -0.2) is 9.59 Å². The number of esters is 1. The maximum atomic E-state index is 11.9. The molecule has 0 fully saturated rings. The Bertz CT molecular complexity index is 517. The first-order valence-corrected chi connectivity index (χ1v) is 6.93. The molecule has 0 bridgehead atoms. The van der Waals surface area contributed by atoms with Crippen molar-refractivity contribution in [1.29, 1.82) is 0 Å². The second-order valence-electron chi connectivity index (χ2n) is 4.97. The van der Waals surface area contributed by atoms with Gasteiger partial charge in [-0.05, 0) is 18.1 Å². The highest BCUT2D eigenvalue weighted by Gasteiger charge is 2.26. The van der Waals surface area contributed by atoms with E-state index in [9.17, 15) is 14.4 Å². The van der Waals surface area contributed by atoms with Crippen molar-refractivity contribution >= 4 is 23.6 Å². The van der Waals surface area contributed by atoms with Crippen molar-refractivity contribution in [2.45, 2.75) is 19.9 Å². The maximum absolute atomic E-state index is 11.9. The lowest BCUT2D eigenvalue weighted by atomic mass is 10.1. The number of nitrogens with one attached hydrogen (secondary N) is 3. The normalized spacial score (nSPS) is 11.5. The van der Waals surface area contributed by atoms with Crippen molar-refractivity contribution < 1.29 is 19.1 Å². The van der Waals surface area contributed by atoms with E-state index in [1.54, 1.807) is 38.1 Å². The van der Waals surface area contributed by atoms with Crippen molar-refractivity contribution in [2.24, 2.45) is 5.92 Å². The zero-order valence-electron chi connectivity index (χ0n) is 12.9. The van der Waals surface area contributed by atoms with E-state index in [1.807, 2.05) is 6.07 Å². The fourth-order valence-corrected chi connectivity index (χ4v) is 1.63. The molecule has 1 aromatic rings. The van der Waals surface area contributed by atoms with Crippen LogP contribution in [0.15, 0.2) is 30.3 Å². The SMILES string of the molecule is CNC(=O)COC(=O)[C@H](NC(=O)Nc1ccccc1)C(C)C. The van der Waals surface area contributed by atoms with Crippen LogP contribution in [0.3, 0.4) is 0 Å². The second-order valence-corrected chi connectivity index (χ2v) is 4.97. The summed E-state index contributed by atoms with van der Waals surface area (Å²) in [4.78, 5) is 34.9. The van der Waals surface area contributed by atoms with Gasteiger partial charge in [0.15, 0.2) is 6.61 Å². The quantitative estimate of drug-likeness (QED) is 0.686. The standard InChI is InChI=1S/C15H21N3O4/c1-10(2)13(14(20)22-9-12(19)16-3)18-15(21)17-11-7-5-4-6-8-11/h4-8,10,13H,9H2,1-3H3,(H,16,19)(H2,17,18,21)/t13-/m1/s1. The van der Waals surface area contributed by atoms with Crippen molar-refractivity contribution in [3.8, 4) is 0 Å². The minimum Gasteiger partial charge on any atom is -0.454 e. The number of ether oxygens (including phenoxy) is 1. The number of para-hydroxylation sites is 1. The molecule has 0 aliphatic heterocycles. The average molecular weight is 307 g/mol. The molecule has 0 radical (unpaired) electrons. The Morgan fingerprint density at radius 2 is 1.77 bits per heavy atom. The first kappa shape index (κ1) is 17.5. The van der Waals surface area contributed by atoms with E-state index in [-0.39, 0.29) is 12.5 Å². The minimum atomic E-state index is -0.839. The molecule has 0 aliphatic rings. The Kier molecular flexibility index (Phi) is 6.88. The smallest absolute Gasteiger partial charge is 0.329 e. The van der Waals surface area contributed by atoms with Gasteiger partial charge in [0, 0.05) is 12.7 Å². The summed E-state index contributed by atoms with van der Waals surface area (Å²) in [5.41, 5.74) is 0.612. The van der Waals surface area contributed by atoms with Gasteiger partial charge in [-0.15, -0.1) is 0 Å². The molecule has 0 unspecified atom stereocenters. The predicted molar refractivity (Wildman–Crippen MR) is 82.2 cm³/mol. The summed E-state index contributed by atoms with van der Waals surface area (Å²) in [5, 5.41) is 7.52. The van der Waals surface area contributed by atoms with E-state index < -0.39 is 23.9 Å². The first-order valence-electron chi connectivity index (χ1n) is 6.93. The summed E-state index contributed by atoms with van der Waals surface area (Å²) in [6.07, 6.45) is 0. The van der Waals surface area contributed by atoms with Crippen molar-refractivity contribution in [3.63, 3.8) is 0 Å². The summed E-state index contributed by atoms with van der Waals surface area (Å²) in [6.45, 7) is 3.17. The number of hydrogen-bond donors (Lipinski definition) is 3. The molecular formula is C15H21N3O4. The first-order chi connectivity index (χ1) is 10.4. The van der Waals surface area contributed by atoms with E-state index in [2.05, 4.69) is 16.0 Å². The van der Waals surface area contributed by atoms with Crippen LogP contribution in [-0.4, -0.2) is 37.6 Å². The third-order valence-electron chi connectivity index (χ3n) is 2.86. The van der Waals surface area contributed by atoms with Gasteiger partial charge in [-0.3, -0.25) is 4.79 Å². The summed E-state index contributed by atoms with van der Waals surface area (Å²) in [6, 6.07) is 7.51. The molecular weight excluding hydrogens is 286 g/mol. The third-order valence-corrected chi connectivity index (χ3v) is 2.86. The predicted octanol–water partition coefficient (Wildman–Crippen LogP) is 1.12. The molecule has 0 saturated carbocycles. The summed E-state index contributed by atoms with van der Waals surface area (Å²) < 4.78 is 4.88. The number of urea groups is 1. The molecule has 0 heterocycles. The van der Waals surface area contributed by atoms with Crippen LogP contribution in [0.5, 0.6) is 0 Å². The van der Waals surface area contributed by atoms with E-state index in [0.29, 0.717) is 5.69 Å². The number of anilines is 1. The van der Waals surface area contributed by atoms with Crippen LogP contribution >= 0.6 is 0 Å². The number of carbonyl (C=O) groups excluding carboxylic acids is 3. The molecule has 0 saturated heterocycles. The summed E-state index contributed by atoms with van der Waals surface area (Å²) in [7, 11) is 1.45. The Balaban J connectivity index is 2.58. The van der Waals surface area contributed by atoms with Crippen LogP contribution in [0, 0.1) is 5.92 Å². The van der Waals surface area contributed by atoms with Crippen LogP contribution in [0.1, 0.15) is 13.8 Å². The molecule has 3 amide bonds. The van der Waals surface area contributed by atoms with Gasteiger partial charge in [-0.2, -0.15) is 0 Å². The fourth-order valence-electron chi connectivity index (χ4n) is 1.63. The topological polar surface area (TPSA) is 96.5 Å². The number of carbonyl (C=O) groups is 3. The van der Waals surface area contributed by atoms with Crippen molar-refractivity contribution in [2.75, 3.05) is 19.0 Å². The lowest BCUT2D eigenvalue weighted by Gasteiger charge is -2.20. The third kappa shape index (κ3) is 5.82. The van der Waals surface area contributed by atoms with E-state index >= 15 is 0 Å². The number of likely N-dealkylation sites (N-methyl/N-ethyl adjacent to an activating group) is 1. The van der Waals surface area contributed by atoms with Gasteiger partial charge in [0.1, 0.15) is 6.04 Å². The fraction of sp³-hybridized carbons (Fsp3) is 0.400. The van der Waals surface area contributed by atoms with Crippen LogP contribution in [-0.2, 0) is 14.3 Å². The van der Waals surface area contributed by atoms with Crippen molar-refractivity contribution in [3.05, 3.63) is 30.3 Å². The molecule has 0 spiro atoms. The lowest BCUT2D eigenvalue weighted by molar-refractivity contribution is -0.151. The Labute approximate surface area is 129 Å². The highest BCUT2D eigenvalue weighted by molar-refractivity contribution is 5.93. The second kappa shape index (κ2) is 8.66. The van der Waals surface area contributed by atoms with Gasteiger partial charge >= 0.3 is 12.0 Å². The molecule has 120 valence electrons. The number of hydrogen-bond acceptors (Lipinski definition) is 4. The van der Waals surface area contributed by atoms with Crippen LogP contribution in [0.4, 0.5) is 10.5 Å². The Morgan fingerprint density at radius 3 is 2.32 bits per heavy atom. The molecule has 1 aromatic carbocycles. The zero-order valence-corrected chi connectivity index (χ0v) is 12.9. The monoisotopic (exact) mass is 307 g/mol. The molecule has 7 heteroatoms. The van der Waals surface area contributed by atoms with E-state index in [1.165, 1.54) is 7.05 Å². The van der Waals surface area contributed by atoms with E-state index in [0.717, 1.165) is 0 Å². The van der Waals surface area contributed by atoms with Crippen LogP contribution < -0.4 is 16.0 Å². The van der Waals surface area contributed by atoms with Gasteiger partial charge in [0.05, 0.1) is 0 Å². The molecule has 0 aromatic heterocycles. The van der Waals surface area contributed by atoms with Crippen LogP contribution in [0.25, 0.3) is 0 Å².